The van der Waals surface area contributed by atoms with Gasteiger partial charge in [-0.3, -0.25) is 4.31 Å². The van der Waals surface area contributed by atoms with E-state index in [-0.39, 0.29) is 13.2 Å². The highest BCUT2D eigenvalue weighted by Gasteiger charge is 2.25. The third-order valence-corrected chi connectivity index (χ3v) is 4.91. The summed E-state index contributed by atoms with van der Waals surface area (Å²) in [5, 5.41) is 8.89. The third kappa shape index (κ3) is 3.44. The van der Waals surface area contributed by atoms with Crippen molar-refractivity contribution in [2.24, 2.45) is 0 Å². The van der Waals surface area contributed by atoms with Crippen LogP contribution >= 0.6 is 15.9 Å². The maximum absolute atomic E-state index is 12.2. The van der Waals surface area contributed by atoms with Gasteiger partial charge in [0.25, 0.3) is 0 Å². The quantitative estimate of drug-likeness (QED) is 0.855. The molecule has 0 fully saturated rings. The fraction of sp³-hybridized carbons (Fsp3) is 0.455. The molecule has 0 heterocycles. The molecule has 5 nitrogen and oxygen atoms in total. The fourth-order valence-electron chi connectivity index (χ4n) is 1.43. The molecule has 0 atom stereocenters. The summed E-state index contributed by atoms with van der Waals surface area (Å²) in [4.78, 5) is 0. The Kier molecular flexibility index (Phi) is 5.58. The Morgan fingerprint density at radius 2 is 1.89 bits per heavy atom. The van der Waals surface area contributed by atoms with E-state index in [4.69, 9.17) is 5.11 Å². The second kappa shape index (κ2) is 6.51. The van der Waals surface area contributed by atoms with Crippen LogP contribution in [0.3, 0.4) is 0 Å². The Bertz CT molecular complexity index is 491. The maximum Gasteiger partial charge on any atom is 0.303 e. The predicted molar refractivity (Wildman–Crippen MR) is 75.8 cm³/mol. The van der Waals surface area contributed by atoms with Crippen LogP contribution in [0.15, 0.2) is 28.7 Å². The molecule has 0 aliphatic carbocycles. The lowest BCUT2D eigenvalue weighted by Crippen LogP contribution is -2.41. The molecule has 1 N–H and O–H groups in total. The molecular weight excluding hydrogens is 320 g/mol. The van der Waals surface area contributed by atoms with Crippen molar-refractivity contribution in [3.63, 3.8) is 0 Å². The average Bonchev–Trinajstić information content (AvgIpc) is 2.31. The molecule has 102 valence electrons. The molecule has 0 aromatic heterocycles. The predicted octanol–water partition coefficient (Wildman–Crippen LogP) is 1.44. The molecule has 7 heteroatoms. The number of halogens is 1. The summed E-state index contributed by atoms with van der Waals surface area (Å²) in [7, 11) is -0.593. The Balaban J connectivity index is 3.18. The van der Waals surface area contributed by atoms with Gasteiger partial charge in [-0.1, -0.05) is 12.1 Å². The number of anilines is 1. The number of hydrogen-bond acceptors (Lipinski definition) is 3. The van der Waals surface area contributed by atoms with E-state index in [1.165, 1.54) is 18.4 Å². The first-order chi connectivity index (χ1) is 8.41. The monoisotopic (exact) mass is 336 g/mol. The summed E-state index contributed by atoms with van der Waals surface area (Å²) in [6, 6.07) is 7.10. The Hall–Kier alpha value is -0.630. The highest BCUT2D eigenvalue weighted by atomic mass is 79.9. The normalized spacial score (nSPS) is 11.8. The zero-order chi connectivity index (χ0) is 13.8. The molecule has 1 rings (SSSR count). The van der Waals surface area contributed by atoms with Gasteiger partial charge in [-0.2, -0.15) is 12.7 Å². The molecule has 0 aliphatic heterocycles. The van der Waals surface area contributed by atoms with Crippen LogP contribution in [-0.2, 0) is 10.2 Å². The molecule has 0 radical (unpaired) electrons. The maximum atomic E-state index is 12.2. The van der Waals surface area contributed by atoms with E-state index in [2.05, 4.69) is 15.9 Å². The van der Waals surface area contributed by atoms with Gasteiger partial charge in [0.05, 0.1) is 5.69 Å². The van der Waals surface area contributed by atoms with Crippen molar-refractivity contribution in [3.8, 4) is 0 Å². The van der Waals surface area contributed by atoms with Crippen molar-refractivity contribution >= 4 is 31.8 Å². The second-order valence-corrected chi connectivity index (χ2v) is 6.81. The third-order valence-electron chi connectivity index (χ3n) is 2.38. The fourth-order valence-corrected chi connectivity index (χ4v) is 3.20. The van der Waals surface area contributed by atoms with E-state index in [0.717, 1.165) is 4.31 Å². The Labute approximate surface area is 116 Å². The highest BCUT2D eigenvalue weighted by Crippen LogP contribution is 2.28. The molecule has 0 amide bonds. The van der Waals surface area contributed by atoms with Crippen LogP contribution < -0.4 is 4.31 Å². The van der Waals surface area contributed by atoms with Gasteiger partial charge in [-0.05, 0) is 34.5 Å². The molecule has 1 aromatic rings. The molecule has 0 aliphatic rings. The molecule has 0 bridgehead atoms. The van der Waals surface area contributed by atoms with Crippen LogP contribution in [0.5, 0.6) is 0 Å². The summed E-state index contributed by atoms with van der Waals surface area (Å²) in [5.41, 5.74) is 0.569. The van der Waals surface area contributed by atoms with Gasteiger partial charge >= 0.3 is 10.2 Å². The van der Waals surface area contributed by atoms with Crippen LogP contribution in [0.1, 0.15) is 6.42 Å². The second-order valence-electron chi connectivity index (χ2n) is 3.89. The van der Waals surface area contributed by atoms with Crippen LogP contribution in [0.4, 0.5) is 5.69 Å². The van der Waals surface area contributed by atoms with Crippen molar-refractivity contribution < 1.29 is 13.5 Å². The number of para-hydroxylation sites is 1. The topological polar surface area (TPSA) is 60.9 Å². The smallest absolute Gasteiger partial charge is 0.303 e. The number of rotatable bonds is 6. The number of hydrogen-bond donors (Lipinski definition) is 1. The summed E-state index contributed by atoms with van der Waals surface area (Å²) >= 11 is 3.34. The van der Waals surface area contributed by atoms with Crippen molar-refractivity contribution in [2.45, 2.75) is 6.42 Å². The van der Waals surface area contributed by atoms with Crippen molar-refractivity contribution in [1.29, 1.82) is 0 Å². The van der Waals surface area contributed by atoms with E-state index in [0.29, 0.717) is 16.6 Å². The van der Waals surface area contributed by atoms with Gasteiger partial charge in [-0.25, -0.2) is 0 Å². The number of nitrogens with zero attached hydrogens (tertiary/aromatic N) is 2. The van der Waals surface area contributed by atoms with Crippen LogP contribution in [0.25, 0.3) is 0 Å². The van der Waals surface area contributed by atoms with Gasteiger partial charge < -0.3 is 5.11 Å². The summed E-state index contributed by atoms with van der Waals surface area (Å²) in [6.07, 6.45) is 0.383. The van der Waals surface area contributed by atoms with E-state index in [9.17, 15) is 8.42 Å². The number of benzene rings is 1. The van der Waals surface area contributed by atoms with Crippen molar-refractivity contribution in [1.82, 2.24) is 4.31 Å². The molecule has 0 unspecified atom stereocenters. The van der Waals surface area contributed by atoms with E-state index < -0.39 is 10.2 Å². The lowest BCUT2D eigenvalue weighted by molar-refractivity contribution is 0.291. The Morgan fingerprint density at radius 1 is 1.28 bits per heavy atom. The first-order valence-corrected chi connectivity index (χ1v) is 7.66. The first kappa shape index (κ1) is 15.4. The first-order valence-electron chi connectivity index (χ1n) is 5.47. The summed E-state index contributed by atoms with van der Waals surface area (Å²) in [6.45, 7) is 0.184. The van der Waals surface area contributed by atoms with Gasteiger partial charge in [0, 0.05) is 31.7 Å². The zero-order valence-electron chi connectivity index (χ0n) is 10.4. The zero-order valence-corrected chi connectivity index (χ0v) is 12.8. The molecule has 0 saturated heterocycles. The Morgan fingerprint density at radius 3 is 2.39 bits per heavy atom. The van der Waals surface area contributed by atoms with Crippen molar-refractivity contribution in [3.05, 3.63) is 28.7 Å². The standard InChI is InChI=1S/C11H17BrN2O3S/c1-13(2)18(16,17)14(8-5-9-15)11-7-4-3-6-10(11)12/h3-4,6-7,15H,5,8-9H2,1-2H3. The lowest BCUT2D eigenvalue weighted by atomic mass is 10.3. The van der Waals surface area contributed by atoms with Crippen LogP contribution in [0.2, 0.25) is 0 Å². The highest BCUT2D eigenvalue weighted by molar-refractivity contribution is 9.10. The number of aliphatic hydroxyl groups excluding tert-OH is 1. The molecular formula is C11H17BrN2O3S. The van der Waals surface area contributed by atoms with Gasteiger partial charge in [0.2, 0.25) is 0 Å². The molecule has 0 spiro atoms. The van der Waals surface area contributed by atoms with E-state index in [1.54, 1.807) is 18.2 Å². The van der Waals surface area contributed by atoms with Gasteiger partial charge in [0.15, 0.2) is 0 Å². The van der Waals surface area contributed by atoms with Crippen molar-refractivity contribution in [2.75, 3.05) is 31.6 Å². The van der Waals surface area contributed by atoms with Gasteiger partial charge in [-0.15, -0.1) is 0 Å². The largest absolute Gasteiger partial charge is 0.396 e. The SMILES string of the molecule is CN(C)S(=O)(=O)N(CCCO)c1ccccc1Br. The number of aliphatic hydroxyl groups is 1. The average molecular weight is 337 g/mol. The van der Waals surface area contributed by atoms with Crippen LogP contribution in [0, 0.1) is 0 Å². The van der Waals surface area contributed by atoms with Crippen LogP contribution in [-0.4, -0.2) is 45.1 Å². The lowest BCUT2D eigenvalue weighted by Gasteiger charge is -2.28. The van der Waals surface area contributed by atoms with E-state index >= 15 is 0 Å². The minimum absolute atomic E-state index is 0.0517. The summed E-state index contributed by atoms with van der Waals surface area (Å²) in [5.74, 6) is 0. The minimum atomic E-state index is -3.56. The minimum Gasteiger partial charge on any atom is -0.396 e. The van der Waals surface area contributed by atoms with Gasteiger partial charge in [0.1, 0.15) is 0 Å². The molecule has 0 saturated carbocycles. The summed E-state index contributed by atoms with van der Waals surface area (Å²) < 4.78 is 27.6. The van der Waals surface area contributed by atoms with E-state index in [1.807, 2.05) is 6.07 Å². The molecule has 1 aromatic carbocycles. The molecule has 18 heavy (non-hydrogen) atoms.